The maximum absolute atomic E-state index is 13.7. The largest absolute Gasteiger partial charge is 0.497 e. The number of aliphatic hydroxyl groups is 1. The first-order valence-corrected chi connectivity index (χ1v) is 17.5. The number of aromatic nitrogens is 1. The summed E-state index contributed by atoms with van der Waals surface area (Å²) >= 11 is 0. The second kappa shape index (κ2) is 13.5. The van der Waals surface area contributed by atoms with Gasteiger partial charge in [0.05, 0.1) is 43.4 Å². The monoisotopic (exact) mass is 675 g/mol. The molecular formula is C40H37NO7S. The topological polar surface area (TPSA) is 96.2 Å². The predicted octanol–water partition coefficient (Wildman–Crippen LogP) is 7.10. The first kappa shape index (κ1) is 32.6. The van der Waals surface area contributed by atoms with Crippen molar-refractivity contribution in [3.8, 4) is 11.5 Å². The number of aliphatic hydroxyl groups excluding tert-OH is 1. The molecule has 250 valence electrons. The Bertz CT molecular complexity index is 2080. The van der Waals surface area contributed by atoms with Crippen LogP contribution in [0.5, 0.6) is 11.5 Å². The Morgan fingerprint density at radius 2 is 1.27 bits per heavy atom. The summed E-state index contributed by atoms with van der Waals surface area (Å²) in [6, 6.07) is 41.1. The van der Waals surface area contributed by atoms with Crippen LogP contribution in [0.2, 0.25) is 0 Å². The Balaban J connectivity index is 1.24. The molecule has 1 N–H and O–H groups in total. The second-order valence-corrected chi connectivity index (χ2v) is 13.8. The van der Waals surface area contributed by atoms with E-state index in [1.54, 1.807) is 56.8 Å². The molecule has 1 saturated heterocycles. The van der Waals surface area contributed by atoms with E-state index >= 15 is 0 Å². The van der Waals surface area contributed by atoms with Crippen molar-refractivity contribution in [3.63, 3.8) is 0 Å². The minimum Gasteiger partial charge on any atom is -0.497 e. The Morgan fingerprint density at radius 1 is 0.735 bits per heavy atom. The number of benzene rings is 5. The number of para-hydroxylation sites is 1. The van der Waals surface area contributed by atoms with Gasteiger partial charge in [-0.15, -0.1) is 0 Å². The SMILES string of the molecule is COc1ccc(C(OC[C@H]2O[C@@H](c3cn(S(=O)(=O)c4ccccc4)c4ccccc34)C[C@@H]2O)(c2ccccc2)c2ccc(OC)cc2)cc1. The lowest BCUT2D eigenvalue weighted by Gasteiger charge is -2.37. The predicted molar refractivity (Wildman–Crippen MR) is 187 cm³/mol. The van der Waals surface area contributed by atoms with Crippen molar-refractivity contribution < 1.29 is 32.5 Å². The molecule has 0 unspecified atom stereocenters. The summed E-state index contributed by atoms with van der Waals surface area (Å²) in [5, 5.41) is 12.2. The zero-order valence-electron chi connectivity index (χ0n) is 27.2. The highest BCUT2D eigenvalue weighted by atomic mass is 32.2. The fourth-order valence-electron chi connectivity index (χ4n) is 6.70. The summed E-state index contributed by atoms with van der Waals surface area (Å²) in [6.07, 6.45) is -0.225. The number of methoxy groups -OCH3 is 2. The molecular weight excluding hydrogens is 639 g/mol. The molecule has 7 rings (SSSR count). The molecule has 0 radical (unpaired) electrons. The Labute approximate surface area is 286 Å². The molecule has 0 bridgehead atoms. The van der Waals surface area contributed by atoms with E-state index in [1.807, 2.05) is 97.1 Å². The van der Waals surface area contributed by atoms with Gasteiger partial charge in [-0.1, -0.05) is 91.0 Å². The minimum atomic E-state index is -3.88. The van der Waals surface area contributed by atoms with E-state index in [4.69, 9.17) is 18.9 Å². The number of nitrogens with zero attached hydrogens (tertiary/aromatic N) is 1. The molecule has 2 heterocycles. The zero-order valence-corrected chi connectivity index (χ0v) is 28.0. The van der Waals surface area contributed by atoms with Crippen molar-refractivity contribution in [1.82, 2.24) is 3.97 Å². The van der Waals surface area contributed by atoms with Crippen molar-refractivity contribution >= 4 is 20.9 Å². The van der Waals surface area contributed by atoms with E-state index in [1.165, 1.54) is 3.97 Å². The van der Waals surface area contributed by atoms with Crippen LogP contribution < -0.4 is 9.47 Å². The zero-order chi connectivity index (χ0) is 34.0. The highest BCUT2D eigenvalue weighted by Gasteiger charge is 2.42. The lowest BCUT2D eigenvalue weighted by Crippen LogP contribution is -2.38. The van der Waals surface area contributed by atoms with Crippen LogP contribution in [-0.2, 0) is 25.1 Å². The first-order valence-electron chi connectivity index (χ1n) is 16.1. The van der Waals surface area contributed by atoms with Gasteiger partial charge in [-0.05, 0) is 59.2 Å². The van der Waals surface area contributed by atoms with Gasteiger partial charge in [0.2, 0.25) is 0 Å². The van der Waals surface area contributed by atoms with Gasteiger partial charge in [0.15, 0.2) is 0 Å². The minimum absolute atomic E-state index is 0.0472. The third kappa shape index (κ3) is 6.00. The fraction of sp³-hybridized carbons (Fsp3) is 0.200. The molecule has 0 saturated carbocycles. The van der Waals surface area contributed by atoms with Crippen molar-refractivity contribution in [2.75, 3.05) is 20.8 Å². The molecule has 1 aromatic heterocycles. The molecule has 1 aliphatic rings. The van der Waals surface area contributed by atoms with Gasteiger partial charge >= 0.3 is 0 Å². The molecule has 1 fully saturated rings. The number of hydrogen-bond acceptors (Lipinski definition) is 7. The number of ether oxygens (including phenoxy) is 4. The van der Waals surface area contributed by atoms with Gasteiger partial charge in [-0.2, -0.15) is 0 Å². The highest BCUT2D eigenvalue weighted by molar-refractivity contribution is 7.90. The summed E-state index contributed by atoms with van der Waals surface area (Å²) in [4.78, 5) is 0.190. The van der Waals surface area contributed by atoms with Crippen LogP contribution in [-0.4, -0.2) is 50.5 Å². The van der Waals surface area contributed by atoms with E-state index in [-0.39, 0.29) is 17.9 Å². The summed E-state index contributed by atoms with van der Waals surface area (Å²) in [5.74, 6) is 1.43. The summed E-state index contributed by atoms with van der Waals surface area (Å²) in [5.41, 5.74) is 2.77. The van der Waals surface area contributed by atoms with Gasteiger partial charge in [0, 0.05) is 23.6 Å². The quantitative estimate of drug-likeness (QED) is 0.147. The lowest BCUT2D eigenvalue weighted by molar-refractivity contribution is -0.0826. The Morgan fingerprint density at radius 3 is 1.86 bits per heavy atom. The van der Waals surface area contributed by atoms with Crippen LogP contribution in [0.15, 0.2) is 145 Å². The van der Waals surface area contributed by atoms with E-state index in [0.29, 0.717) is 22.6 Å². The maximum atomic E-state index is 13.7. The lowest BCUT2D eigenvalue weighted by atomic mass is 9.80. The molecule has 3 atom stereocenters. The van der Waals surface area contributed by atoms with E-state index < -0.39 is 33.9 Å². The molecule has 49 heavy (non-hydrogen) atoms. The van der Waals surface area contributed by atoms with Gasteiger partial charge in [0.1, 0.15) is 23.2 Å². The third-order valence-corrected chi connectivity index (χ3v) is 10.9. The second-order valence-electron chi connectivity index (χ2n) is 12.0. The average Bonchev–Trinajstić information content (AvgIpc) is 3.74. The van der Waals surface area contributed by atoms with Crippen LogP contribution in [0.25, 0.3) is 10.9 Å². The van der Waals surface area contributed by atoms with E-state index in [0.717, 1.165) is 22.1 Å². The third-order valence-electron chi connectivity index (χ3n) is 9.22. The van der Waals surface area contributed by atoms with Gasteiger partial charge in [0.25, 0.3) is 10.0 Å². The first-order chi connectivity index (χ1) is 23.8. The Hall–Kier alpha value is -4.93. The van der Waals surface area contributed by atoms with Crippen molar-refractivity contribution in [2.24, 2.45) is 0 Å². The number of fused-ring (bicyclic) bond motifs is 1. The van der Waals surface area contributed by atoms with Crippen LogP contribution >= 0.6 is 0 Å². The van der Waals surface area contributed by atoms with Crippen LogP contribution in [0, 0.1) is 0 Å². The summed E-state index contributed by atoms with van der Waals surface area (Å²) in [7, 11) is -0.621. The molecule has 5 aromatic carbocycles. The number of rotatable bonds is 11. The molecule has 8 nitrogen and oxygen atoms in total. The summed E-state index contributed by atoms with van der Waals surface area (Å²) in [6.45, 7) is 0.0472. The van der Waals surface area contributed by atoms with Crippen LogP contribution in [0.1, 0.15) is 34.8 Å². The van der Waals surface area contributed by atoms with Crippen molar-refractivity contribution in [1.29, 1.82) is 0 Å². The molecule has 0 amide bonds. The van der Waals surface area contributed by atoms with Crippen molar-refractivity contribution in [2.45, 2.75) is 35.2 Å². The maximum Gasteiger partial charge on any atom is 0.268 e. The summed E-state index contributed by atoms with van der Waals surface area (Å²) < 4.78 is 53.3. The molecule has 9 heteroatoms. The molecule has 6 aromatic rings. The molecule has 0 spiro atoms. The van der Waals surface area contributed by atoms with Crippen LogP contribution in [0.3, 0.4) is 0 Å². The smallest absolute Gasteiger partial charge is 0.268 e. The van der Waals surface area contributed by atoms with Crippen LogP contribution in [0.4, 0.5) is 0 Å². The van der Waals surface area contributed by atoms with Gasteiger partial charge < -0.3 is 24.1 Å². The molecule has 1 aliphatic heterocycles. The Kier molecular flexibility index (Phi) is 9.00. The van der Waals surface area contributed by atoms with E-state index in [2.05, 4.69) is 0 Å². The normalized spacial score (nSPS) is 18.1. The van der Waals surface area contributed by atoms with Gasteiger partial charge in [-0.25, -0.2) is 12.4 Å². The fourth-order valence-corrected chi connectivity index (χ4v) is 8.10. The van der Waals surface area contributed by atoms with Gasteiger partial charge in [-0.3, -0.25) is 0 Å². The average molecular weight is 676 g/mol. The van der Waals surface area contributed by atoms with E-state index in [9.17, 15) is 13.5 Å². The number of hydrogen-bond donors (Lipinski definition) is 1. The molecule has 0 aliphatic carbocycles. The standard InChI is InChI=1S/C40H37NO7S/c1-45-31-21-17-29(18-22-31)40(28-11-5-3-6-12-28,30-19-23-32(46-2)24-20-30)47-27-39-37(42)25-38(48-39)35-26-41(36-16-10-9-15-34(35)36)49(43,44)33-13-7-4-8-14-33/h3-24,26,37-39,42H,25,27H2,1-2H3/t37-,38+,39+/m0/s1. The van der Waals surface area contributed by atoms with Crippen molar-refractivity contribution in [3.05, 3.63) is 162 Å². The highest BCUT2D eigenvalue weighted by Crippen LogP contribution is 2.44.